The third-order valence-corrected chi connectivity index (χ3v) is 3.55. The second kappa shape index (κ2) is 7.21. The van der Waals surface area contributed by atoms with E-state index in [1.807, 2.05) is 24.3 Å². The lowest BCUT2D eigenvalue weighted by atomic mass is 10.1. The highest BCUT2D eigenvalue weighted by Gasteiger charge is 2.08. The Labute approximate surface area is 117 Å². The van der Waals surface area contributed by atoms with Crippen molar-refractivity contribution in [1.29, 1.82) is 0 Å². The summed E-state index contributed by atoms with van der Waals surface area (Å²) in [6.45, 7) is 2.83. The number of hydrogen-bond donors (Lipinski definition) is 1. The van der Waals surface area contributed by atoms with Crippen LogP contribution in [0.25, 0.3) is 0 Å². The summed E-state index contributed by atoms with van der Waals surface area (Å²) < 4.78 is 10.7. The highest BCUT2D eigenvalue weighted by Crippen LogP contribution is 2.23. The van der Waals surface area contributed by atoms with E-state index in [1.165, 1.54) is 11.8 Å². The van der Waals surface area contributed by atoms with E-state index in [2.05, 4.69) is 11.9 Å². The molecular weight excluding hydrogens is 260 g/mol. The van der Waals surface area contributed by atoms with Crippen molar-refractivity contribution in [3.05, 3.63) is 42.3 Å². The Morgan fingerprint density at radius 3 is 2.79 bits per heavy atom. The van der Waals surface area contributed by atoms with Gasteiger partial charge in [0.1, 0.15) is 12.0 Å². The Balaban J connectivity index is 1.86. The summed E-state index contributed by atoms with van der Waals surface area (Å²) >= 11 is 1.51. The molecule has 0 saturated carbocycles. The van der Waals surface area contributed by atoms with E-state index in [4.69, 9.17) is 14.9 Å². The van der Waals surface area contributed by atoms with E-state index in [-0.39, 0.29) is 6.04 Å². The molecule has 0 bridgehead atoms. The Kier molecular flexibility index (Phi) is 5.30. The maximum Gasteiger partial charge on any atom is 0.255 e. The number of nitrogens with two attached hydrogens (primary N) is 1. The van der Waals surface area contributed by atoms with Crippen LogP contribution in [0.3, 0.4) is 0 Å². The second-order valence-electron chi connectivity index (χ2n) is 4.13. The van der Waals surface area contributed by atoms with Crippen LogP contribution in [0.5, 0.6) is 5.75 Å². The summed E-state index contributed by atoms with van der Waals surface area (Å²) in [6.07, 6.45) is 4.20. The third kappa shape index (κ3) is 4.29. The zero-order valence-electron chi connectivity index (χ0n) is 10.9. The maximum atomic E-state index is 6.13. The minimum Gasteiger partial charge on any atom is -0.494 e. The Morgan fingerprint density at radius 2 is 2.16 bits per heavy atom. The molecule has 2 rings (SSSR count). The monoisotopic (exact) mass is 278 g/mol. The molecular formula is C14H18N2O2S. The van der Waals surface area contributed by atoms with Crippen molar-refractivity contribution in [2.24, 2.45) is 5.73 Å². The molecule has 0 fully saturated rings. The molecule has 0 aliphatic carbocycles. The highest BCUT2D eigenvalue weighted by molar-refractivity contribution is 7.99. The van der Waals surface area contributed by atoms with Gasteiger partial charge in [0, 0.05) is 11.8 Å². The van der Waals surface area contributed by atoms with Crippen molar-refractivity contribution >= 4 is 11.8 Å². The summed E-state index contributed by atoms with van der Waals surface area (Å²) in [5.74, 6) is 1.62. The molecule has 5 heteroatoms. The first kappa shape index (κ1) is 14.0. The quantitative estimate of drug-likeness (QED) is 0.788. The zero-order valence-corrected chi connectivity index (χ0v) is 11.7. The van der Waals surface area contributed by atoms with Crippen LogP contribution in [0.1, 0.15) is 24.9 Å². The molecule has 0 aliphatic rings. The van der Waals surface area contributed by atoms with E-state index >= 15 is 0 Å². The van der Waals surface area contributed by atoms with Crippen LogP contribution in [0.2, 0.25) is 0 Å². The van der Waals surface area contributed by atoms with Gasteiger partial charge in [-0.3, -0.25) is 0 Å². The van der Waals surface area contributed by atoms with Crippen molar-refractivity contribution in [2.75, 3.05) is 12.4 Å². The second-order valence-corrected chi connectivity index (χ2v) is 5.10. The van der Waals surface area contributed by atoms with E-state index in [9.17, 15) is 0 Å². The van der Waals surface area contributed by atoms with Gasteiger partial charge in [-0.25, -0.2) is 4.98 Å². The number of ether oxygens (including phenoxy) is 1. The molecule has 1 atom stereocenters. The van der Waals surface area contributed by atoms with Gasteiger partial charge in [-0.1, -0.05) is 30.8 Å². The lowest BCUT2D eigenvalue weighted by Crippen LogP contribution is -2.12. The molecule has 0 saturated heterocycles. The number of hydrogen-bond acceptors (Lipinski definition) is 5. The fourth-order valence-corrected chi connectivity index (χ4v) is 2.34. The van der Waals surface area contributed by atoms with Crippen LogP contribution in [0, 0.1) is 0 Å². The average Bonchev–Trinajstić information content (AvgIpc) is 2.96. The summed E-state index contributed by atoms with van der Waals surface area (Å²) in [6, 6.07) is 7.89. The standard InChI is InChI=1S/C14H18N2O2S/c1-2-8-17-12-5-3-11(4-6-12)13(15)10-19-14-16-7-9-18-14/h3-7,9,13H,2,8,10,15H2,1H3. The number of aromatic nitrogens is 1. The van der Waals surface area contributed by atoms with Crippen LogP contribution < -0.4 is 10.5 Å². The van der Waals surface area contributed by atoms with Crippen molar-refractivity contribution in [3.63, 3.8) is 0 Å². The molecule has 0 radical (unpaired) electrons. The van der Waals surface area contributed by atoms with Gasteiger partial charge in [0.25, 0.3) is 5.22 Å². The summed E-state index contributed by atoms with van der Waals surface area (Å²) in [4.78, 5) is 4.05. The highest BCUT2D eigenvalue weighted by atomic mass is 32.2. The lowest BCUT2D eigenvalue weighted by molar-refractivity contribution is 0.317. The SMILES string of the molecule is CCCOc1ccc(C(N)CSc2ncco2)cc1. The van der Waals surface area contributed by atoms with Crippen molar-refractivity contribution < 1.29 is 9.15 Å². The molecule has 0 amide bonds. The third-order valence-electron chi connectivity index (χ3n) is 2.58. The topological polar surface area (TPSA) is 61.3 Å². The molecule has 1 aromatic heterocycles. The van der Waals surface area contributed by atoms with E-state index in [0.717, 1.165) is 30.1 Å². The molecule has 19 heavy (non-hydrogen) atoms. The van der Waals surface area contributed by atoms with Crippen molar-refractivity contribution in [2.45, 2.75) is 24.6 Å². The van der Waals surface area contributed by atoms with Gasteiger partial charge in [-0.05, 0) is 24.1 Å². The Hall–Kier alpha value is -1.46. The van der Waals surface area contributed by atoms with Crippen molar-refractivity contribution in [3.8, 4) is 5.75 Å². The number of benzene rings is 1. The van der Waals surface area contributed by atoms with E-state index < -0.39 is 0 Å². The molecule has 0 aliphatic heterocycles. The van der Waals surface area contributed by atoms with Gasteiger partial charge in [0.15, 0.2) is 0 Å². The van der Waals surface area contributed by atoms with Crippen LogP contribution in [-0.2, 0) is 0 Å². The largest absolute Gasteiger partial charge is 0.494 e. The van der Waals surface area contributed by atoms with Crippen molar-refractivity contribution in [1.82, 2.24) is 4.98 Å². The molecule has 2 N–H and O–H groups in total. The van der Waals surface area contributed by atoms with Gasteiger partial charge >= 0.3 is 0 Å². The van der Waals surface area contributed by atoms with Gasteiger partial charge in [-0.15, -0.1) is 0 Å². The summed E-state index contributed by atoms with van der Waals surface area (Å²) in [5, 5.41) is 0.651. The summed E-state index contributed by atoms with van der Waals surface area (Å²) in [7, 11) is 0. The zero-order chi connectivity index (χ0) is 13.5. The molecule has 0 spiro atoms. The van der Waals surface area contributed by atoms with E-state index in [1.54, 1.807) is 12.5 Å². The predicted octanol–water partition coefficient (Wildman–Crippen LogP) is 3.26. The number of thioether (sulfide) groups is 1. The molecule has 1 heterocycles. The van der Waals surface area contributed by atoms with Crippen LogP contribution in [-0.4, -0.2) is 17.3 Å². The number of oxazole rings is 1. The van der Waals surface area contributed by atoms with Crippen LogP contribution in [0.4, 0.5) is 0 Å². The fourth-order valence-electron chi connectivity index (χ4n) is 1.57. The van der Waals surface area contributed by atoms with E-state index in [0.29, 0.717) is 5.22 Å². The minimum absolute atomic E-state index is 0.0443. The van der Waals surface area contributed by atoms with Crippen LogP contribution >= 0.6 is 11.8 Å². The maximum absolute atomic E-state index is 6.13. The van der Waals surface area contributed by atoms with Gasteiger partial charge < -0.3 is 14.9 Å². The van der Waals surface area contributed by atoms with Crippen LogP contribution in [0.15, 0.2) is 46.4 Å². The van der Waals surface area contributed by atoms with Gasteiger partial charge in [0.2, 0.25) is 0 Å². The fraction of sp³-hybridized carbons (Fsp3) is 0.357. The predicted molar refractivity (Wildman–Crippen MR) is 76.4 cm³/mol. The number of rotatable bonds is 7. The molecule has 4 nitrogen and oxygen atoms in total. The van der Waals surface area contributed by atoms with Gasteiger partial charge in [0.05, 0.1) is 12.8 Å². The van der Waals surface area contributed by atoms with Gasteiger partial charge in [-0.2, -0.15) is 0 Å². The first-order valence-corrected chi connectivity index (χ1v) is 7.28. The molecule has 2 aromatic rings. The first-order chi connectivity index (χ1) is 9.29. The average molecular weight is 278 g/mol. The molecule has 1 unspecified atom stereocenters. The molecule has 1 aromatic carbocycles. The smallest absolute Gasteiger partial charge is 0.255 e. The summed E-state index contributed by atoms with van der Waals surface area (Å²) in [5.41, 5.74) is 7.22. The first-order valence-electron chi connectivity index (χ1n) is 6.30. The normalized spacial score (nSPS) is 12.3. The lowest BCUT2D eigenvalue weighted by Gasteiger charge is -2.11. The Morgan fingerprint density at radius 1 is 1.37 bits per heavy atom. The Bertz CT molecular complexity index is 471. The minimum atomic E-state index is -0.0443. The molecule has 102 valence electrons. The number of nitrogens with zero attached hydrogens (tertiary/aromatic N) is 1.